The predicted molar refractivity (Wildman–Crippen MR) is 149 cm³/mol. The molecule has 1 aliphatic rings. The fourth-order valence-electron chi connectivity index (χ4n) is 4.22. The molecule has 0 atom stereocenters. The normalized spacial score (nSPS) is 23.3. The molecule has 7 heteroatoms. The zero-order chi connectivity index (χ0) is 22.6. The highest BCUT2D eigenvalue weighted by atomic mass is 35.5. The Labute approximate surface area is 212 Å². The second-order valence-corrected chi connectivity index (χ2v) is 9.45. The molecule has 0 aromatic carbocycles. The van der Waals surface area contributed by atoms with Crippen LogP contribution >= 0.6 is 12.4 Å². The van der Waals surface area contributed by atoms with E-state index < -0.39 is 0 Å². The Balaban J connectivity index is 0.0000102. The van der Waals surface area contributed by atoms with Gasteiger partial charge in [0.05, 0.1) is 0 Å². The molecule has 1 saturated heterocycles. The summed E-state index contributed by atoms with van der Waals surface area (Å²) in [6.07, 6.45) is 19.2. The van der Waals surface area contributed by atoms with Gasteiger partial charge in [-0.2, -0.15) is 0 Å². The zero-order valence-corrected chi connectivity index (χ0v) is 22.6. The number of hydrogen-bond acceptors (Lipinski definition) is 6. The van der Waals surface area contributed by atoms with Crippen LogP contribution < -0.4 is 31.9 Å². The summed E-state index contributed by atoms with van der Waals surface area (Å²) in [6.45, 7) is 13.4. The van der Waals surface area contributed by atoms with Crippen molar-refractivity contribution in [1.29, 1.82) is 0 Å². The van der Waals surface area contributed by atoms with E-state index in [0.717, 1.165) is 52.4 Å². The molecule has 0 bridgehead atoms. The lowest BCUT2D eigenvalue weighted by atomic mass is 10.1. The topological polar surface area (TPSA) is 72.2 Å². The first-order chi connectivity index (χ1) is 16.0. The van der Waals surface area contributed by atoms with E-state index in [2.05, 4.69) is 31.9 Å². The van der Waals surface area contributed by atoms with Crippen LogP contribution in [0, 0.1) is 0 Å². The lowest BCUT2D eigenvalue weighted by molar-refractivity contribution is 0.521. The Morgan fingerprint density at radius 2 is 0.333 bits per heavy atom. The summed E-state index contributed by atoms with van der Waals surface area (Å²) in [5.41, 5.74) is 0. The quantitative estimate of drug-likeness (QED) is 0.312. The average Bonchev–Trinajstić information content (AvgIpc) is 2.80. The summed E-state index contributed by atoms with van der Waals surface area (Å²) < 4.78 is 0. The van der Waals surface area contributed by atoms with E-state index in [9.17, 15) is 0 Å². The maximum atomic E-state index is 3.57. The molecule has 0 aliphatic carbocycles. The molecule has 1 heterocycles. The Morgan fingerprint density at radius 1 is 0.182 bits per heavy atom. The number of halogens is 1. The largest absolute Gasteiger partial charge is 0.315 e. The van der Waals surface area contributed by atoms with Crippen molar-refractivity contribution in [3.8, 4) is 0 Å². The van der Waals surface area contributed by atoms with Crippen molar-refractivity contribution in [2.24, 2.45) is 0 Å². The van der Waals surface area contributed by atoms with Gasteiger partial charge in [-0.25, -0.2) is 0 Å². The van der Waals surface area contributed by atoms with Crippen LogP contribution in [0.15, 0.2) is 0 Å². The molecule has 6 nitrogen and oxygen atoms in total. The third kappa shape index (κ3) is 28.2. The molecule has 0 amide bonds. The van der Waals surface area contributed by atoms with E-state index in [-0.39, 0.29) is 12.4 Å². The highest BCUT2D eigenvalue weighted by molar-refractivity contribution is 5.85. The third-order valence-corrected chi connectivity index (χ3v) is 6.33. The van der Waals surface area contributed by atoms with Crippen LogP contribution in [0.1, 0.15) is 89.9 Å². The number of rotatable bonds is 0. The Hall–Kier alpha value is 0.0500. The second-order valence-electron chi connectivity index (χ2n) is 9.45. The molecule has 0 aromatic rings. The van der Waals surface area contributed by atoms with Gasteiger partial charge in [0.1, 0.15) is 0 Å². The summed E-state index contributed by atoms with van der Waals surface area (Å²) in [5, 5.41) is 21.4. The molecule has 0 spiro atoms. The minimum Gasteiger partial charge on any atom is -0.315 e. The van der Waals surface area contributed by atoms with Gasteiger partial charge in [0, 0.05) is 52.4 Å². The maximum absolute atomic E-state index is 3.57. The lowest BCUT2D eigenvalue weighted by Crippen LogP contribution is -2.33. The number of nitrogens with one attached hydrogen (secondary N) is 6. The molecule has 1 rings (SSSR count). The standard InChI is InChI=1S/C26H58N6.ClH/c1-3-7-11-15-27-19-23-31-25-21-29-17-13-9-5-2-6-10-14-18-30-22-26-32-24-20-28-16-12-8-4-1;/h27-32H,1-26H2;1H. The zero-order valence-electron chi connectivity index (χ0n) is 21.8. The van der Waals surface area contributed by atoms with Crippen molar-refractivity contribution in [1.82, 2.24) is 31.9 Å². The summed E-state index contributed by atoms with van der Waals surface area (Å²) >= 11 is 0. The molecular weight excluding hydrogens is 432 g/mol. The second kappa shape index (κ2) is 30.1. The maximum Gasteiger partial charge on any atom is 0.00772 e. The SMILES string of the molecule is C1CCCCNCCNCCNCCCCCCCCCNCCNCCNCCCC1.Cl. The Kier molecular flexibility index (Phi) is 30.1. The average molecular weight is 491 g/mol. The van der Waals surface area contributed by atoms with Crippen molar-refractivity contribution >= 4 is 12.4 Å². The summed E-state index contributed by atoms with van der Waals surface area (Å²) in [5.74, 6) is 0. The molecule has 6 N–H and O–H groups in total. The van der Waals surface area contributed by atoms with Crippen molar-refractivity contribution in [2.45, 2.75) is 89.9 Å². The number of hydrogen-bond donors (Lipinski definition) is 6. The molecule has 1 aliphatic heterocycles. The molecule has 200 valence electrons. The first kappa shape index (κ1) is 33.0. The van der Waals surface area contributed by atoms with E-state index >= 15 is 0 Å². The summed E-state index contributed by atoms with van der Waals surface area (Å²) in [7, 11) is 0. The van der Waals surface area contributed by atoms with Crippen LogP contribution in [-0.4, -0.2) is 78.5 Å². The summed E-state index contributed by atoms with van der Waals surface area (Å²) in [4.78, 5) is 0. The van der Waals surface area contributed by atoms with Crippen molar-refractivity contribution in [3.63, 3.8) is 0 Å². The van der Waals surface area contributed by atoms with Gasteiger partial charge in [0.2, 0.25) is 0 Å². The van der Waals surface area contributed by atoms with Gasteiger partial charge in [-0.05, 0) is 51.9 Å². The monoisotopic (exact) mass is 490 g/mol. The summed E-state index contributed by atoms with van der Waals surface area (Å²) in [6, 6.07) is 0. The first-order valence-electron chi connectivity index (χ1n) is 14.2. The van der Waals surface area contributed by atoms with E-state index in [0.29, 0.717) is 0 Å². The van der Waals surface area contributed by atoms with E-state index in [4.69, 9.17) is 0 Å². The van der Waals surface area contributed by atoms with Crippen molar-refractivity contribution in [2.75, 3.05) is 78.5 Å². The van der Waals surface area contributed by atoms with Crippen LogP contribution in [0.25, 0.3) is 0 Å². The predicted octanol–water partition coefficient (Wildman–Crippen LogP) is 3.42. The van der Waals surface area contributed by atoms with Gasteiger partial charge in [0.15, 0.2) is 0 Å². The van der Waals surface area contributed by atoms with Gasteiger partial charge in [-0.15, -0.1) is 12.4 Å². The van der Waals surface area contributed by atoms with E-state index in [1.807, 2.05) is 0 Å². The highest BCUT2D eigenvalue weighted by Crippen LogP contribution is 2.07. The van der Waals surface area contributed by atoms with Crippen LogP contribution in [0.5, 0.6) is 0 Å². The van der Waals surface area contributed by atoms with E-state index in [1.54, 1.807) is 0 Å². The fraction of sp³-hybridized carbons (Fsp3) is 1.00. The molecule has 0 radical (unpaired) electrons. The van der Waals surface area contributed by atoms with Crippen LogP contribution in [0.2, 0.25) is 0 Å². The van der Waals surface area contributed by atoms with Gasteiger partial charge in [0.25, 0.3) is 0 Å². The van der Waals surface area contributed by atoms with Crippen LogP contribution in [-0.2, 0) is 0 Å². The molecule has 0 unspecified atom stereocenters. The van der Waals surface area contributed by atoms with Crippen LogP contribution in [0.3, 0.4) is 0 Å². The molecule has 0 aromatic heterocycles. The minimum atomic E-state index is 0. The van der Waals surface area contributed by atoms with E-state index in [1.165, 1.54) is 116 Å². The Morgan fingerprint density at radius 3 is 0.545 bits per heavy atom. The lowest BCUT2D eigenvalue weighted by Gasteiger charge is -2.09. The third-order valence-electron chi connectivity index (χ3n) is 6.33. The smallest absolute Gasteiger partial charge is 0.00772 e. The van der Waals surface area contributed by atoms with Gasteiger partial charge in [-0.3, -0.25) is 0 Å². The van der Waals surface area contributed by atoms with Gasteiger partial charge in [-0.1, -0.05) is 64.2 Å². The highest BCUT2D eigenvalue weighted by Gasteiger charge is 1.96. The molecule has 1 fully saturated rings. The van der Waals surface area contributed by atoms with Gasteiger partial charge >= 0.3 is 0 Å². The van der Waals surface area contributed by atoms with Crippen LogP contribution in [0.4, 0.5) is 0 Å². The molecular formula is C26H59ClN6. The van der Waals surface area contributed by atoms with Crippen molar-refractivity contribution < 1.29 is 0 Å². The first-order valence-corrected chi connectivity index (χ1v) is 14.2. The van der Waals surface area contributed by atoms with Gasteiger partial charge < -0.3 is 31.9 Å². The molecule has 0 saturated carbocycles. The fourth-order valence-corrected chi connectivity index (χ4v) is 4.22. The van der Waals surface area contributed by atoms with Crippen molar-refractivity contribution in [3.05, 3.63) is 0 Å². The Bertz CT molecular complexity index is 189. The molecule has 33 heavy (non-hydrogen) atoms. The minimum absolute atomic E-state index is 0.